The monoisotopic (exact) mass is 403 g/mol. The molecule has 0 aromatic heterocycles. The SMILES string of the molecule is Oc1ccc(C2CCC3(CC2)OOC2(CCCCC2)OO3)cc1CN1CCCC1. The molecule has 0 bridgehead atoms. The lowest BCUT2D eigenvalue weighted by Gasteiger charge is -2.46. The van der Waals surface area contributed by atoms with E-state index in [0.717, 1.165) is 76.6 Å². The van der Waals surface area contributed by atoms with Crippen molar-refractivity contribution in [2.75, 3.05) is 13.1 Å². The van der Waals surface area contributed by atoms with Crippen molar-refractivity contribution in [2.45, 2.75) is 94.7 Å². The predicted octanol–water partition coefficient (Wildman–Crippen LogP) is 4.91. The minimum absolute atomic E-state index is 0.409. The molecule has 1 aromatic carbocycles. The molecular formula is C23H33NO5. The molecule has 2 heterocycles. The molecule has 4 fully saturated rings. The molecule has 29 heavy (non-hydrogen) atoms. The van der Waals surface area contributed by atoms with Crippen LogP contribution in [0.4, 0.5) is 0 Å². The average molecular weight is 404 g/mol. The Morgan fingerprint density at radius 3 is 2.10 bits per heavy atom. The molecule has 2 aliphatic carbocycles. The third kappa shape index (κ3) is 4.19. The van der Waals surface area contributed by atoms with E-state index in [0.29, 0.717) is 11.7 Å². The summed E-state index contributed by atoms with van der Waals surface area (Å²) in [6, 6.07) is 6.12. The molecular weight excluding hydrogens is 370 g/mol. The molecule has 6 heteroatoms. The first kappa shape index (κ1) is 19.8. The molecule has 2 spiro atoms. The zero-order valence-electron chi connectivity index (χ0n) is 17.2. The van der Waals surface area contributed by atoms with Crippen molar-refractivity contribution in [3.8, 4) is 5.75 Å². The molecule has 160 valence electrons. The topological polar surface area (TPSA) is 60.4 Å². The lowest BCUT2D eigenvalue weighted by molar-refractivity contribution is -0.662. The summed E-state index contributed by atoms with van der Waals surface area (Å²) in [4.78, 5) is 25.6. The van der Waals surface area contributed by atoms with Gasteiger partial charge in [-0.3, -0.25) is 4.90 Å². The Labute approximate surface area is 172 Å². The highest BCUT2D eigenvalue weighted by molar-refractivity contribution is 5.38. The van der Waals surface area contributed by atoms with E-state index >= 15 is 0 Å². The van der Waals surface area contributed by atoms with E-state index in [-0.39, 0.29) is 0 Å². The molecule has 0 atom stereocenters. The third-order valence-electron chi connectivity index (χ3n) is 7.22. The van der Waals surface area contributed by atoms with Gasteiger partial charge >= 0.3 is 0 Å². The van der Waals surface area contributed by atoms with Gasteiger partial charge in [0.05, 0.1) is 0 Å². The van der Waals surface area contributed by atoms with Crippen LogP contribution in [0.3, 0.4) is 0 Å². The maximum atomic E-state index is 10.3. The molecule has 0 radical (unpaired) electrons. The van der Waals surface area contributed by atoms with E-state index in [1.165, 1.54) is 24.8 Å². The van der Waals surface area contributed by atoms with Crippen LogP contribution in [0.15, 0.2) is 18.2 Å². The normalized spacial score (nSPS) is 27.6. The Morgan fingerprint density at radius 2 is 1.45 bits per heavy atom. The minimum Gasteiger partial charge on any atom is -0.508 e. The van der Waals surface area contributed by atoms with Gasteiger partial charge in [0, 0.05) is 37.8 Å². The first-order chi connectivity index (χ1) is 14.2. The third-order valence-corrected chi connectivity index (χ3v) is 7.22. The van der Waals surface area contributed by atoms with Crippen LogP contribution in [0, 0.1) is 0 Å². The Balaban J connectivity index is 1.20. The molecule has 6 nitrogen and oxygen atoms in total. The summed E-state index contributed by atoms with van der Waals surface area (Å²) in [5.74, 6) is -0.612. The second kappa shape index (κ2) is 8.16. The van der Waals surface area contributed by atoms with E-state index in [1.807, 2.05) is 6.07 Å². The molecule has 0 unspecified atom stereocenters. The minimum atomic E-state index is -0.769. The van der Waals surface area contributed by atoms with Gasteiger partial charge in [0.1, 0.15) is 5.75 Å². The van der Waals surface area contributed by atoms with E-state index in [2.05, 4.69) is 17.0 Å². The first-order valence-electron chi connectivity index (χ1n) is 11.4. The number of rotatable bonds is 3. The maximum Gasteiger partial charge on any atom is 0.234 e. The predicted molar refractivity (Wildman–Crippen MR) is 107 cm³/mol. The van der Waals surface area contributed by atoms with Crippen LogP contribution in [0.1, 0.15) is 87.7 Å². The number of hydrogen-bond donors (Lipinski definition) is 1. The summed E-state index contributed by atoms with van der Waals surface area (Å²) in [6.45, 7) is 3.10. The summed E-state index contributed by atoms with van der Waals surface area (Å²) in [5, 5.41) is 10.3. The van der Waals surface area contributed by atoms with E-state index < -0.39 is 11.6 Å². The van der Waals surface area contributed by atoms with Crippen molar-refractivity contribution in [3.63, 3.8) is 0 Å². The molecule has 1 N–H and O–H groups in total. The van der Waals surface area contributed by atoms with Crippen LogP contribution in [0.25, 0.3) is 0 Å². The Bertz CT molecular complexity index is 691. The summed E-state index contributed by atoms with van der Waals surface area (Å²) < 4.78 is 0. The number of benzene rings is 1. The van der Waals surface area contributed by atoms with Crippen molar-refractivity contribution in [1.82, 2.24) is 4.90 Å². The van der Waals surface area contributed by atoms with Gasteiger partial charge in [0.25, 0.3) is 0 Å². The Morgan fingerprint density at radius 1 is 0.828 bits per heavy atom. The van der Waals surface area contributed by atoms with Crippen molar-refractivity contribution < 1.29 is 24.7 Å². The first-order valence-corrected chi connectivity index (χ1v) is 11.4. The quantitative estimate of drug-likeness (QED) is 0.724. The molecule has 2 aliphatic heterocycles. The van der Waals surface area contributed by atoms with E-state index in [4.69, 9.17) is 19.6 Å². The average Bonchev–Trinajstić information content (AvgIpc) is 3.27. The van der Waals surface area contributed by atoms with Crippen LogP contribution in [-0.2, 0) is 26.1 Å². The van der Waals surface area contributed by atoms with Gasteiger partial charge in [0.2, 0.25) is 11.6 Å². The second-order valence-electron chi connectivity index (χ2n) is 9.36. The number of likely N-dealkylation sites (tertiary alicyclic amines) is 1. The fourth-order valence-electron chi connectivity index (χ4n) is 5.31. The van der Waals surface area contributed by atoms with Crippen LogP contribution in [0.2, 0.25) is 0 Å². The zero-order chi connectivity index (χ0) is 19.7. The number of phenolic OH excluding ortho intramolecular Hbond substituents is 1. The fraction of sp³-hybridized carbons (Fsp3) is 0.739. The highest BCUT2D eigenvalue weighted by Gasteiger charge is 2.50. The van der Waals surface area contributed by atoms with Gasteiger partial charge in [-0.05, 0) is 69.2 Å². The highest BCUT2D eigenvalue weighted by atomic mass is 17.4. The van der Waals surface area contributed by atoms with Crippen LogP contribution in [-0.4, -0.2) is 34.7 Å². The number of phenols is 1. The molecule has 2 saturated heterocycles. The molecule has 5 rings (SSSR count). The maximum absolute atomic E-state index is 10.3. The van der Waals surface area contributed by atoms with Gasteiger partial charge in [-0.2, -0.15) is 19.6 Å². The highest BCUT2D eigenvalue weighted by Crippen LogP contribution is 2.47. The fourth-order valence-corrected chi connectivity index (χ4v) is 5.31. The Kier molecular flexibility index (Phi) is 5.56. The van der Waals surface area contributed by atoms with E-state index in [1.54, 1.807) is 0 Å². The van der Waals surface area contributed by atoms with Gasteiger partial charge in [-0.15, -0.1) is 0 Å². The van der Waals surface area contributed by atoms with Crippen molar-refractivity contribution in [2.24, 2.45) is 0 Å². The summed E-state index contributed by atoms with van der Waals surface area (Å²) in [6.07, 6.45) is 11.0. The van der Waals surface area contributed by atoms with Gasteiger partial charge in [-0.1, -0.05) is 18.6 Å². The smallest absolute Gasteiger partial charge is 0.234 e. The standard InChI is InChI=1S/C23H33NO5/c25-21-7-6-19(16-20(21)17-24-14-4-5-15-24)18-8-12-23(13-9-18)28-26-22(27-29-23)10-2-1-3-11-22/h6-7,16,18,25H,1-5,8-15,17H2. The number of hydrogen-bond acceptors (Lipinski definition) is 6. The molecule has 1 aromatic rings. The molecule has 2 saturated carbocycles. The number of aromatic hydroxyl groups is 1. The lowest BCUT2D eigenvalue weighted by atomic mass is 9.80. The largest absolute Gasteiger partial charge is 0.508 e. The zero-order valence-corrected chi connectivity index (χ0v) is 17.2. The van der Waals surface area contributed by atoms with Gasteiger partial charge in [-0.25, -0.2) is 0 Å². The Hall–Kier alpha value is -1.18. The van der Waals surface area contributed by atoms with Crippen LogP contribution in [0.5, 0.6) is 5.75 Å². The van der Waals surface area contributed by atoms with Crippen LogP contribution >= 0.6 is 0 Å². The van der Waals surface area contributed by atoms with Crippen molar-refractivity contribution >= 4 is 0 Å². The second-order valence-corrected chi connectivity index (χ2v) is 9.36. The van der Waals surface area contributed by atoms with Crippen molar-refractivity contribution in [3.05, 3.63) is 29.3 Å². The van der Waals surface area contributed by atoms with Gasteiger partial charge in [0.15, 0.2) is 0 Å². The lowest BCUT2D eigenvalue weighted by Crippen LogP contribution is -2.52. The molecule has 0 amide bonds. The van der Waals surface area contributed by atoms with Crippen LogP contribution < -0.4 is 0 Å². The number of nitrogens with zero attached hydrogens (tertiary/aromatic N) is 1. The van der Waals surface area contributed by atoms with Crippen molar-refractivity contribution in [1.29, 1.82) is 0 Å². The van der Waals surface area contributed by atoms with Gasteiger partial charge < -0.3 is 5.11 Å². The summed E-state index contributed by atoms with van der Waals surface area (Å²) in [7, 11) is 0. The summed E-state index contributed by atoms with van der Waals surface area (Å²) >= 11 is 0. The van der Waals surface area contributed by atoms with E-state index in [9.17, 15) is 5.11 Å². The summed E-state index contributed by atoms with van der Waals surface area (Å²) in [5.41, 5.74) is 2.34. The molecule has 4 aliphatic rings.